The summed E-state index contributed by atoms with van der Waals surface area (Å²) in [5, 5.41) is 17.7. The van der Waals surface area contributed by atoms with Gasteiger partial charge >= 0.3 is 5.97 Å². The van der Waals surface area contributed by atoms with Gasteiger partial charge in [-0.15, -0.1) is 0 Å². The highest BCUT2D eigenvalue weighted by Gasteiger charge is 2.21. The van der Waals surface area contributed by atoms with Gasteiger partial charge < -0.3 is 10.2 Å². The van der Waals surface area contributed by atoms with Crippen molar-refractivity contribution in [2.75, 3.05) is 12.9 Å². The van der Waals surface area contributed by atoms with Crippen LogP contribution in [-0.4, -0.2) is 48.8 Å². The Labute approximate surface area is 128 Å². The van der Waals surface area contributed by atoms with Gasteiger partial charge in [0.1, 0.15) is 0 Å². The van der Waals surface area contributed by atoms with Crippen LogP contribution in [0.1, 0.15) is 22.8 Å². The summed E-state index contributed by atoms with van der Waals surface area (Å²) < 4.78 is 26.6. The first-order chi connectivity index (χ1) is 9.79. The molecule has 118 valence electrons. The van der Waals surface area contributed by atoms with E-state index in [2.05, 4.69) is 4.72 Å². The molecule has 0 bridgehead atoms. The summed E-state index contributed by atoms with van der Waals surface area (Å²) in [6, 6.07) is 5.30. The third-order valence-corrected chi connectivity index (χ3v) is 5.57. The summed E-state index contributed by atoms with van der Waals surface area (Å²) in [6.45, 7) is 1.58. The van der Waals surface area contributed by atoms with Gasteiger partial charge in [0, 0.05) is 11.3 Å². The van der Waals surface area contributed by atoms with Gasteiger partial charge in [0.05, 0.1) is 17.9 Å². The van der Waals surface area contributed by atoms with E-state index in [4.69, 9.17) is 10.2 Å². The van der Waals surface area contributed by atoms with Crippen molar-refractivity contribution in [3.63, 3.8) is 0 Å². The number of aliphatic hydroxyl groups excluding tert-OH is 1. The van der Waals surface area contributed by atoms with E-state index in [1.165, 1.54) is 36.0 Å². The summed E-state index contributed by atoms with van der Waals surface area (Å²) in [5.41, 5.74) is 0.615. The molecule has 0 spiro atoms. The molecule has 2 atom stereocenters. The van der Waals surface area contributed by atoms with E-state index in [0.717, 1.165) is 0 Å². The summed E-state index contributed by atoms with van der Waals surface area (Å²) in [6.07, 6.45) is 1.80. The number of carboxylic acid groups (broad SMARTS) is 1. The van der Waals surface area contributed by atoms with Gasteiger partial charge in [0.25, 0.3) is 0 Å². The van der Waals surface area contributed by atoms with Crippen LogP contribution in [0, 0.1) is 0 Å². The van der Waals surface area contributed by atoms with Crippen LogP contribution >= 0.6 is 11.8 Å². The number of sulfonamides is 1. The molecular formula is C13H19NO5S2. The highest BCUT2D eigenvalue weighted by atomic mass is 32.2. The number of aliphatic hydroxyl groups is 1. The third kappa shape index (κ3) is 5.66. The molecule has 6 nitrogen and oxygen atoms in total. The molecule has 0 aromatic heterocycles. The van der Waals surface area contributed by atoms with Crippen molar-refractivity contribution in [3.05, 3.63) is 35.4 Å². The van der Waals surface area contributed by atoms with Crippen LogP contribution in [0.5, 0.6) is 0 Å². The van der Waals surface area contributed by atoms with Crippen molar-refractivity contribution >= 4 is 27.8 Å². The van der Waals surface area contributed by atoms with Gasteiger partial charge in [-0.1, -0.05) is 12.1 Å². The van der Waals surface area contributed by atoms with Crippen molar-refractivity contribution in [2.45, 2.75) is 24.0 Å². The molecule has 1 rings (SSSR count). The molecule has 0 aliphatic rings. The Morgan fingerprint density at radius 2 is 1.90 bits per heavy atom. The molecule has 0 fully saturated rings. The number of hydrogen-bond acceptors (Lipinski definition) is 5. The Morgan fingerprint density at radius 3 is 2.33 bits per heavy atom. The number of hydrogen-bond donors (Lipinski definition) is 3. The SMILES string of the molecule is CSC(CO)C(C)NS(=O)(=O)Cc1ccc(C(=O)O)cc1. The van der Waals surface area contributed by atoms with E-state index in [9.17, 15) is 13.2 Å². The van der Waals surface area contributed by atoms with Crippen molar-refractivity contribution < 1.29 is 23.4 Å². The second-order valence-corrected chi connectivity index (χ2v) is 7.46. The molecule has 2 unspecified atom stereocenters. The van der Waals surface area contributed by atoms with E-state index >= 15 is 0 Å². The molecule has 0 radical (unpaired) electrons. The van der Waals surface area contributed by atoms with Gasteiger partial charge in [0.15, 0.2) is 0 Å². The second kappa shape index (κ2) is 7.79. The maximum absolute atomic E-state index is 12.0. The largest absolute Gasteiger partial charge is 0.478 e. The van der Waals surface area contributed by atoms with Gasteiger partial charge in [0.2, 0.25) is 10.0 Å². The maximum Gasteiger partial charge on any atom is 0.335 e. The maximum atomic E-state index is 12.0. The van der Waals surface area contributed by atoms with E-state index in [0.29, 0.717) is 5.56 Å². The lowest BCUT2D eigenvalue weighted by Gasteiger charge is -2.21. The normalized spacial score (nSPS) is 14.6. The van der Waals surface area contributed by atoms with Crippen LogP contribution < -0.4 is 4.72 Å². The summed E-state index contributed by atoms with van der Waals surface area (Å²) in [4.78, 5) is 10.7. The summed E-state index contributed by atoms with van der Waals surface area (Å²) >= 11 is 1.39. The number of nitrogens with one attached hydrogen (secondary N) is 1. The average Bonchev–Trinajstić information content (AvgIpc) is 2.39. The van der Waals surface area contributed by atoms with E-state index in [1.807, 2.05) is 0 Å². The molecule has 0 heterocycles. The number of benzene rings is 1. The number of carbonyl (C=O) groups is 1. The Bertz CT molecular complexity index is 567. The monoisotopic (exact) mass is 333 g/mol. The van der Waals surface area contributed by atoms with Crippen LogP contribution in [0.4, 0.5) is 0 Å². The Hall–Kier alpha value is -1.09. The first-order valence-corrected chi connectivity index (χ1v) is 9.19. The minimum atomic E-state index is -3.55. The fraction of sp³-hybridized carbons (Fsp3) is 0.462. The van der Waals surface area contributed by atoms with Gasteiger partial charge in [-0.2, -0.15) is 11.8 Å². The zero-order chi connectivity index (χ0) is 16.0. The highest BCUT2D eigenvalue weighted by molar-refractivity contribution is 7.99. The first-order valence-electron chi connectivity index (χ1n) is 6.25. The molecule has 0 aliphatic heterocycles. The van der Waals surface area contributed by atoms with Crippen LogP contribution in [0.25, 0.3) is 0 Å². The molecule has 8 heteroatoms. The molecular weight excluding hydrogens is 314 g/mol. The topological polar surface area (TPSA) is 104 Å². The van der Waals surface area contributed by atoms with E-state index in [-0.39, 0.29) is 23.2 Å². The highest BCUT2D eigenvalue weighted by Crippen LogP contribution is 2.13. The van der Waals surface area contributed by atoms with Crippen LogP contribution in [0.15, 0.2) is 24.3 Å². The molecule has 0 saturated carbocycles. The quantitative estimate of drug-likeness (QED) is 0.653. The minimum Gasteiger partial charge on any atom is -0.478 e. The average molecular weight is 333 g/mol. The van der Waals surface area contributed by atoms with E-state index in [1.54, 1.807) is 13.2 Å². The zero-order valence-electron chi connectivity index (χ0n) is 11.8. The fourth-order valence-corrected chi connectivity index (χ4v) is 3.96. The smallest absolute Gasteiger partial charge is 0.335 e. The van der Waals surface area contributed by atoms with Crippen molar-refractivity contribution in [3.8, 4) is 0 Å². The lowest BCUT2D eigenvalue weighted by molar-refractivity contribution is 0.0697. The number of aromatic carboxylic acids is 1. The first kappa shape index (κ1) is 18.0. The Morgan fingerprint density at radius 1 is 1.33 bits per heavy atom. The van der Waals surface area contributed by atoms with E-state index < -0.39 is 22.0 Å². The lowest BCUT2D eigenvalue weighted by atomic mass is 10.1. The summed E-state index contributed by atoms with van der Waals surface area (Å²) in [7, 11) is -3.55. The Balaban J connectivity index is 2.74. The summed E-state index contributed by atoms with van der Waals surface area (Å²) in [5.74, 6) is -1.29. The molecule has 0 saturated heterocycles. The third-order valence-electron chi connectivity index (χ3n) is 2.96. The van der Waals surface area contributed by atoms with Gasteiger partial charge in [-0.3, -0.25) is 0 Å². The molecule has 1 aromatic rings. The fourth-order valence-electron chi connectivity index (χ4n) is 1.80. The predicted octanol–water partition coefficient (Wildman–Crippen LogP) is 0.917. The number of thioether (sulfide) groups is 1. The molecule has 0 aliphatic carbocycles. The molecule has 21 heavy (non-hydrogen) atoms. The molecule has 3 N–H and O–H groups in total. The zero-order valence-corrected chi connectivity index (χ0v) is 13.4. The van der Waals surface area contributed by atoms with Crippen LogP contribution in [0.3, 0.4) is 0 Å². The molecule has 0 amide bonds. The van der Waals surface area contributed by atoms with Gasteiger partial charge in [-0.25, -0.2) is 17.9 Å². The van der Waals surface area contributed by atoms with Gasteiger partial charge in [-0.05, 0) is 30.9 Å². The lowest BCUT2D eigenvalue weighted by Crippen LogP contribution is -2.41. The minimum absolute atomic E-state index is 0.111. The van der Waals surface area contributed by atoms with Crippen LogP contribution in [-0.2, 0) is 15.8 Å². The second-order valence-electron chi connectivity index (χ2n) is 4.62. The van der Waals surface area contributed by atoms with Crippen LogP contribution in [0.2, 0.25) is 0 Å². The number of rotatable bonds is 8. The molecule has 1 aromatic carbocycles. The standard InChI is InChI=1S/C13H19NO5S2/c1-9(12(7-15)20-2)14-21(18,19)8-10-3-5-11(6-4-10)13(16)17/h3-6,9,12,14-15H,7-8H2,1-2H3,(H,16,17). The Kier molecular flexibility index (Phi) is 6.66. The van der Waals surface area contributed by atoms with Crippen molar-refractivity contribution in [2.24, 2.45) is 0 Å². The van der Waals surface area contributed by atoms with Crippen molar-refractivity contribution in [1.82, 2.24) is 4.72 Å². The van der Waals surface area contributed by atoms with Crippen molar-refractivity contribution in [1.29, 1.82) is 0 Å². The predicted molar refractivity (Wildman–Crippen MR) is 83.0 cm³/mol. The number of carboxylic acids is 1.